The zero-order chi connectivity index (χ0) is 21.5. The molecule has 30 heavy (non-hydrogen) atoms. The van der Waals surface area contributed by atoms with Crippen LogP contribution in [0.5, 0.6) is 5.75 Å². The summed E-state index contributed by atoms with van der Waals surface area (Å²) in [5.74, 6) is -0.478. The molecule has 3 aromatic rings. The van der Waals surface area contributed by atoms with Gasteiger partial charge in [-0.15, -0.1) is 0 Å². The molecular formula is C19H19F3N6O2. The van der Waals surface area contributed by atoms with E-state index in [2.05, 4.69) is 19.9 Å². The summed E-state index contributed by atoms with van der Waals surface area (Å²) in [6.45, 7) is -0.949. The smallest absolute Gasteiger partial charge is 0.406 e. The number of halogens is 3. The van der Waals surface area contributed by atoms with Gasteiger partial charge in [-0.2, -0.15) is 13.2 Å². The summed E-state index contributed by atoms with van der Waals surface area (Å²) in [5.41, 5.74) is 1.31. The molecule has 8 nitrogen and oxygen atoms in total. The number of aromatic amines is 1. The van der Waals surface area contributed by atoms with Crippen LogP contribution in [0.4, 0.5) is 19.0 Å². The summed E-state index contributed by atoms with van der Waals surface area (Å²) in [5, 5.41) is 11.1. The lowest BCUT2D eigenvalue weighted by atomic mass is 10.2. The van der Waals surface area contributed by atoms with Crippen LogP contribution in [0.15, 0.2) is 30.7 Å². The van der Waals surface area contributed by atoms with E-state index in [0.29, 0.717) is 41.3 Å². The number of carbonyl (C=O) groups is 1. The first-order chi connectivity index (χ1) is 14.2. The highest BCUT2D eigenvalue weighted by atomic mass is 19.4. The van der Waals surface area contributed by atoms with Gasteiger partial charge < -0.3 is 19.9 Å². The van der Waals surface area contributed by atoms with Gasteiger partial charge >= 0.3 is 6.18 Å². The lowest BCUT2D eigenvalue weighted by Crippen LogP contribution is -2.47. The second-order valence-electron chi connectivity index (χ2n) is 7.17. The van der Waals surface area contributed by atoms with Crippen LogP contribution >= 0.6 is 0 Å². The highest BCUT2D eigenvalue weighted by Gasteiger charge is 2.38. The first-order valence-corrected chi connectivity index (χ1v) is 9.31. The number of likely N-dealkylation sites (N-methyl/N-ethyl adjacent to an activating group) is 1. The molecule has 1 atom stereocenters. The van der Waals surface area contributed by atoms with Crippen LogP contribution < -0.4 is 4.90 Å². The maximum Gasteiger partial charge on any atom is 0.406 e. The van der Waals surface area contributed by atoms with Gasteiger partial charge in [0.15, 0.2) is 17.4 Å². The number of hydrogen-bond acceptors (Lipinski definition) is 6. The number of amides is 1. The van der Waals surface area contributed by atoms with Crippen LogP contribution in [0.2, 0.25) is 0 Å². The number of H-pyrrole nitrogens is 1. The highest BCUT2D eigenvalue weighted by molar-refractivity contribution is 5.92. The Balaban J connectivity index is 1.66. The molecule has 0 aliphatic carbocycles. The molecule has 0 radical (unpaired) electrons. The zero-order valence-corrected chi connectivity index (χ0v) is 16.0. The monoisotopic (exact) mass is 420 g/mol. The van der Waals surface area contributed by atoms with Gasteiger partial charge in [-0.3, -0.25) is 4.79 Å². The van der Waals surface area contributed by atoms with Crippen LogP contribution in [-0.4, -0.2) is 68.2 Å². The van der Waals surface area contributed by atoms with Gasteiger partial charge in [0.2, 0.25) is 5.91 Å². The summed E-state index contributed by atoms with van der Waals surface area (Å²) in [6.07, 6.45) is 1.04. The fraction of sp³-hybridized carbons (Fsp3) is 0.368. The van der Waals surface area contributed by atoms with Gasteiger partial charge in [0.25, 0.3) is 0 Å². The third-order valence-electron chi connectivity index (χ3n) is 5.04. The van der Waals surface area contributed by atoms with Crippen LogP contribution in [0.3, 0.4) is 0 Å². The molecule has 0 saturated carbocycles. The molecule has 1 aliphatic rings. The highest BCUT2D eigenvalue weighted by Crippen LogP contribution is 2.34. The Kier molecular flexibility index (Phi) is 4.96. The maximum absolute atomic E-state index is 12.7. The molecule has 4 heterocycles. The van der Waals surface area contributed by atoms with E-state index in [1.54, 1.807) is 23.4 Å². The Hall–Kier alpha value is -3.37. The Bertz CT molecular complexity index is 1080. The molecule has 1 fully saturated rings. The molecule has 1 amide bonds. The number of pyridine rings is 1. The third kappa shape index (κ3) is 3.74. The predicted molar refractivity (Wildman–Crippen MR) is 103 cm³/mol. The van der Waals surface area contributed by atoms with Crippen molar-refractivity contribution >= 4 is 22.8 Å². The fourth-order valence-electron chi connectivity index (χ4n) is 3.73. The number of carbonyl (C=O) groups excluding carboxylic acids is 1. The van der Waals surface area contributed by atoms with E-state index in [-0.39, 0.29) is 11.6 Å². The zero-order valence-electron chi connectivity index (χ0n) is 16.0. The van der Waals surface area contributed by atoms with Crippen molar-refractivity contribution in [2.24, 2.45) is 0 Å². The van der Waals surface area contributed by atoms with Gasteiger partial charge in [-0.05, 0) is 25.0 Å². The molecule has 4 rings (SSSR count). The van der Waals surface area contributed by atoms with E-state index in [9.17, 15) is 23.1 Å². The molecule has 0 aromatic carbocycles. The first-order valence-electron chi connectivity index (χ1n) is 9.31. The van der Waals surface area contributed by atoms with E-state index < -0.39 is 24.7 Å². The van der Waals surface area contributed by atoms with E-state index in [4.69, 9.17) is 0 Å². The maximum atomic E-state index is 12.7. The van der Waals surface area contributed by atoms with Gasteiger partial charge in [-0.1, -0.05) is 0 Å². The minimum Gasteiger partial charge on any atom is -0.503 e. The number of aromatic nitrogens is 4. The quantitative estimate of drug-likeness (QED) is 0.674. The molecular weight excluding hydrogens is 401 g/mol. The largest absolute Gasteiger partial charge is 0.503 e. The van der Waals surface area contributed by atoms with E-state index >= 15 is 0 Å². The Morgan fingerprint density at radius 3 is 2.97 bits per heavy atom. The second-order valence-corrected chi connectivity index (χ2v) is 7.17. The molecule has 0 spiro atoms. The lowest BCUT2D eigenvalue weighted by molar-refractivity contribution is -0.159. The Morgan fingerprint density at radius 1 is 1.40 bits per heavy atom. The number of alkyl halides is 3. The third-order valence-corrected chi connectivity index (χ3v) is 5.04. The molecule has 3 aromatic heterocycles. The summed E-state index contributed by atoms with van der Waals surface area (Å²) in [4.78, 5) is 30.7. The van der Waals surface area contributed by atoms with Crippen molar-refractivity contribution < 1.29 is 23.1 Å². The summed E-state index contributed by atoms with van der Waals surface area (Å²) >= 11 is 0. The van der Waals surface area contributed by atoms with E-state index in [1.807, 2.05) is 6.07 Å². The molecule has 1 unspecified atom stereocenters. The lowest BCUT2D eigenvalue weighted by Gasteiger charge is -2.29. The number of nitrogens with zero attached hydrogens (tertiary/aromatic N) is 5. The van der Waals surface area contributed by atoms with Crippen molar-refractivity contribution in [1.29, 1.82) is 0 Å². The molecule has 2 N–H and O–H groups in total. The van der Waals surface area contributed by atoms with E-state index in [1.165, 1.54) is 6.20 Å². The van der Waals surface area contributed by atoms with Gasteiger partial charge in [0, 0.05) is 36.9 Å². The van der Waals surface area contributed by atoms with Crippen LogP contribution in [0, 0.1) is 0 Å². The number of fused-ring (bicyclic) bond motifs is 1. The molecule has 158 valence electrons. The summed E-state index contributed by atoms with van der Waals surface area (Å²) < 4.78 is 38.1. The van der Waals surface area contributed by atoms with Crippen LogP contribution in [0.1, 0.15) is 12.8 Å². The summed E-state index contributed by atoms with van der Waals surface area (Å²) in [6, 6.07) is 2.78. The van der Waals surface area contributed by atoms with Gasteiger partial charge in [0.05, 0.1) is 6.20 Å². The molecule has 1 aliphatic heterocycles. The van der Waals surface area contributed by atoms with Crippen molar-refractivity contribution in [3.63, 3.8) is 0 Å². The molecule has 0 bridgehead atoms. The number of nitrogens with one attached hydrogen (secondary N) is 1. The van der Waals surface area contributed by atoms with E-state index in [0.717, 1.165) is 12.4 Å². The van der Waals surface area contributed by atoms with Crippen molar-refractivity contribution in [2.75, 3.05) is 25.0 Å². The van der Waals surface area contributed by atoms with Crippen molar-refractivity contribution in [3.05, 3.63) is 30.7 Å². The number of hydrogen-bond donors (Lipinski definition) is 2. The van der Waals surface area contributed by atoms with Gasteiger partial charge in [-0.25, -0.2) is 15.0 Å². The second kappa shape index (κ2) is 7.47. The topological polar surface area (TPSA) is 98.2 Å². The number of rotatable bonds is 4. The minimum absolute atomic E-state index is 0.120. The van der Waals surface area contributed by atoms with Crippen LogP contribution in [0.25, 0.3) is 22.4 Å². The number of aromatic hydroxyl groups is 1. The Labute approximate surface area is 169 Å². The Morgan fingerprint density at radius 2 is 2.20 bits per heavy atom. The van der Waals surface area contributed by atoms with Crippen molar-refractivity contribution in [1.82, 2.24) is 24.8 Å². The minimum atomic E-state index is -4.48. The number of anilines is 1. The van der Waals surface area contributed by atoms with Crippen molar-refractivity contribution in [3.8, 4) is 17.1 Å². The summed E-state index contributed by atoms with van der Waals surface area (Å²) in [7, 11) is 1.12. The first kappa shape index (κ1) is 19.9. The van der Waals surface area contributed by atoms with Crippen molar-refractivity contribution in [2.45, 2.75) is 25.1 Å². The molecule has 1 saturated heterocycles. The molecule has 11 heteroatoms. The predicted octanol–water partition coefficient (Wildman–Crippen LogP) is 2.72. The normalized spacial score (nSPS) is 16.9. The van der Waals surface area contributed by atoms with Crippen LogP contribution in [-0.2, 0) is 4.79 Å². The SMILES string of the molecule is CN(CC(F)(F)F)C(=O)C1CCCN1c1nc(-c2c[nH]c3ncccc23)ncc1O. The average molecular weight is 420 g/mol. The fourth-order valence-corrected chi connectivity index (χ4v) is 3.73. The average Bonchev–Trinajstić information content (AvgIpc) is 3.34. The van der Waals surface area contributed by atoms with Gasteiger partial charge in [0.1, 0.15) is 18.2 Å². The standard InChI is InChI=1S/C19H19F3N6O2/c1-27(10-19(20,21)22)18(30)13-5-3-7-28(13)17-14(29)9-25-16(26-17)12-8-24-15-11(12)4-2-6-23-15/h2,4,6,8-9,13,29H,3,5,7,10H2,1H3,(H,23,24).